The highest BCUT2D eigenvalue weighted by molar-refractivity contribution is 5.64. The molecule has 0 aliphatic heterocycles. The van der Waals surface area contributed by atoms with Gasteiger partial charge in [0.15, 0.2) is 0 Å². The maximum Gasteiger partial charge on any atom is 0.404 e. The number of hydrogen-bond donors (Lipinski definition) is 3. The lowest BCUT2D eigenvalue weighted by Gasteiger charge is -2.17. The van der Waals surface area contributed by atoms with E-state index in [0.717, 1.165) is 12.8 Å². The van der Waals surface area contributed by atoms with Gasteiger partial charge >= 0.3 is 6.09 Å². The molecule has 1 amide bonds. The number of primary amides is 1. The van der Waals surface area contributed by atoms with Crippen LogP contribution in [0.1, 0.15) is 12.8 Å². The van der Waals surface area contributed by atoms with Gasteiger partial charge in [0.2, 0.25) is 0 Å². The second-order valence-corrected chi connectivity index (χ2v) is 3.20. The number of ether oxygens (including phenoxy) is 2. The number of carbonyl (C=O) groups excluding carboxylic acids is 1. The number of nitrogens with one attached hydrogen (secondary N) is 1. The Balaban J connectivity index is 3.51. The fraction of sp³-hybridized carbons (Fsp3) is 0.889. The summed E-state index contributed by atoms with van der Waals surface area (Å²) in [5.74, 6) is 0. The average molecular weight is 219 g/mol. The molecule has 6 heteroatoms. The van der Waals surface area contributed by atoms with Crippen LogP contribution >= 0.6 is 0 Å². The van der Waals surface area contributed by atoms with Gasteiger partial charge in [0.25, 0.3) is 0 Å². The largest absolute Gasteiger partial charge is 0.448 e. The van der Waals surface area contributed by atoms with Gasteiger partial charge in [-0.3, -0.25) is 0 Å². The van der Waals surface area contributed by atoms with Gasteiger partial charge in [0, 0.05) is 19.7 Å². The third-order valence-electron chi connectivity index (χ3n) is 1.90. The molecule has 0 spiro atoms. The monoisotopic (exact) mass is 219 g/mol. The van der Waals surface area contributed by atoms with Gasteiger partial charge in [-0.1, -0.05) is 0 Å². The van der Waals surface area contributed by atoms with Gasteiger partial charge in [0.1, 0.15) is 6.61 Å². The van der Waals surface area contributed by atoms with E-state index < -0.39 is 6.09 Å². The lowest BCUT2D eigenvalue weighted by Crippen LogP contribution is -2.36. The third-order valence-corrected chi connectivity index (χ3v) is 1.90. The van der Waals surface area contributed by atoms with Crippen LogP contribution in [0, 0.1) is 0 Å². The minimum Gasteiger partial charge on any atom is -0.448 e. The normalized spacial score (nSPS) is 12.4. The first-order valence-electron chi connectivity index (χ1n) is 5.05. The Bertz CT molecular complexity index is 167. The Morgan fingerprint density at radius 3 is 2.80 bits per heavy atom. The van der Waals surface area contributed by atoms with Gasteiger partial charge in [-0.15, -0.1) is 0 Å². The summed E-state index contributed by atoms with van der Waals surface area (Å²) in [7, 11) is 1.65. The van der Waals surface area contributed by atoms with E-state index in [1.807, 2.05) is 0 Å². The smallest absolute Gasteiger partial charge is 0.404 e. The van der Waals surface area contributed by atoms with Crippen molar-refractivity contribution in [3.8, 4) is 0 Å². The topological polar surface area (TPSA) is 99.6 Å². The molecule has 6 nitrogen and oxygen atoms in total. The van der Waals surface area contributed by atoms with Crippen LogP contribution in [0.4, 0.5) is 4.79 Å². The van der Waals surface area contributed by atoms with Crippen molar-refractivity contribution in [2.24, 2.45) is 11.5 Å². The van der Waals surface area contributed by atoms with E-state index in [4.69, 9.17) is 16.2 Å². The van der Waals surface area contributed by atoms with Crippen molar-refractivity contribution in [2.75, 3.05) is 33.4 Å². The molecule has 0 heterocycles. The summed E-state index contributed by atoms with van der Waals surface area (Å²) in [4.78, 5) is 10.3. The van der Waals surface area contributed by atoms with Crippen LogP contribution in [0.3, 0.4) is 0 Å². The molecule has 0 radical (unpaired) electrons. The van der Waals surface area contributed by atoms with Crippen molar-refractivity contribution in [3.63, 3.8) is 0 Å². The summed E-state index contributed by atoms with van der Waals surface area (Å²) in [5, 5.41) is 3.20. The first-order chi connectivity index (χ1) is 7.20. The van der Waals surface area contributed by atoms with E-state index in [1.54, 1.807) is 7.11 Å². The predicted octanol–water partition coefficient (Wildman–Crippen LogP) is -0.575. The molecule has 0 aromatic heterocycles. The molecule has 0 aliphatic carbocycles. The summed E-state index contributed by atoms with van der Waals surface area (Å²) >= 11 is 0. The summed E-state index contributed by atoms with van der Waals surface area (Å²) in [6, 6.07) is 0.245. The standard InChI is InChI=1S/C9H21N3O3/c1-14-7-8(3-2-4-10)12-5-6-15-9(11)13/h8,12H,2-7,10H2,1H3,(H2,11,13). The van der Waals surface area contributed by atoms with Crippen LogP contribution in [0.25, 0.3) is 0 Å². The van der Waals surface area contributed by atoms with Gasteiger partial charge < -0.3 is 26.3 Å². The van der Waals surface area contributed by atoms with Crippen LogP contribution in [0.2, 0.25) is 0 Å². The zero-order valence-corrected chi connectivity index (χ0v) is 9.20. The van der Waals surface area contributed by atoms with Crippen molar-refractivity contribution in [1.29, 1.82) is 0 Å². The summed E-state index contributed by atoms with van der Waals surface area (Å²) < 4.78 is 9.63. The second kappa shape index (κ2) is 9.70. The Kier molecular flexibility index (Phi) is 9.15. The number of carbonyl (C=O) groups is 1. The summed E-state index contributed by atoms with van der Waals surface area (Å²) in [6.07, 6.45) is 1.14. The Hall–Kier alpha value is -0.850. The maximum absolute atomic E-state index is 10.3. The van der Waals surface area contributed by atoms with E-state index in [2.05, 4.69) is 10.1 Å². The molecule has 0 aromatic rings. The first-order valence-corrected chi connectivity index (χ1v) is 5.05. The second-order valence-electron chi connectivity index (χ2n) is 3.20. The molecule has 1 atom stereocenters. The summed E-state index contributed by atoms with van der Waals surface area (Å²) in [5.41, 5.74) is 10.2. The van der Waals surface area contributed by atoms with E-state index >= 15 is 0 Å². The van der Waals surface area contributed by atoms with Crippen molar-refractivity contribution < 1.29 is 14.3 Å². The van der Waals surface area contributed by atoms with E-state index in [1.165, 1.54) is 0 Å². The molecule has 1 unspecified atom stereocenters. The average Bonchev–Trinajstić information content (AvgIpc) is 2.20. The van der Waals surface area contributed by atoms with Crippen LogP contribution in [-0.4, -0.2) is 45.5 Å². The molecule has 0 aliphatic rings. The number of hydrogen-bond acceptors (Lipinski definition) is 5. The molecular formula is C9H21N3O3. The highest BCUT2D eigenvalue weighted by atomic mass is 16.5. The van der Waals surface area contributed by atoms with Crippen molar-refractivity contribution in [1.82, 2.24) is 5.32 Å². The maximum atomic E-state index is 10.3. The minimum absolute atomic E-state index is 0.245. The Morgan fingerprint density at radius 1 is 1.53 bits per heavy atom. The molecule has 0 saturated carbocycles. The van der Waals surface area contributed by atoms with Crippen molar-refractivity contribution >= 4 is 6.09 Å². The Labute approximate surface area is 90.3 Å². The molecule has 0 saturated heterocycles. The molecule has 5 N–H and O–H groups in total. The molecule has 0 aromatic carbocycles. The fourth-order valence-corrected chi connectivity index (χ4v) is 1.22. The first kappa shape index (κ1) is 14.2. The lowest BCUT2D eigenvalue weighted by atomic mass is 10.1. The number of amides is 1. The molecule has 15 heavy (non-hydrogen) atoms. The van der Waals surface area contributed by atoms with Crippen molar-refractivity contribution in [3.05, 3.63) is 0 Å². The van der Waals surface area contributed by atoms with Gasteiger partial charge in [-0.25, -0.2) is 4.79 Å². The molecule has 0 fully saturated rings. The zero-order valence-electron chi connectivity index (χ0n) is 9.20. The number of nitrogens with two attached hydrogens (primary N) is 2. The van der Waals surface area contributed by atoms with Crippen LogP contribution in [0.15, 0.2) is 0 Å². The molecule has 0 rings (SSSR count). The van der Waals surface area contributed by atoms with Crippen molar-refractivity contribution in [2.45, 2.75) is 18.9 Å². The number of methoxy groups -OCH3 is 1. The van der Waals surface area contributed by atoms with E-state index in [-0.39, 0.29) is 12.6 Å². The van der Waals surface area contributed by atoms with Gasteiger partial charge in [0.05, 0.1) is 6.61 Å². The summed E-state index contributed by atoms with van der Waals surface area (Å²) in [6.45, 7) is 2.13. The van der Waals surface area contributed by atoms with Gasteiger partial charge in [-0.05, 0) is 19.4 Å². The SMILES string of the molecule is COCC(CCCN)NCCOC(N)=O. The van der Waals surface area contributed by atoms with Crippen LogP contribution < -0.4 is 16.8 Å². The van der Waals surface area contributed by atoms with Crippen LogP contribution in [0.5, 0.6) is 0 Å². The predicted molar refractivity (Wildman–Crippen MR) is 57.5 cm³/mol. The van der Waals surface area contributed by atoms with Crippen LogP contribution in [-0.2, 0) is 9.47 Å². The quantitative estimate of drug-likeness (QED) is 0.451. The zero-order chi connectivity index (χ0) is 11.5. The lowest BCUT2D eigenvalue weighted by molar-refractivity contribution is 0.142. The molecular weight excluding hydrogens is 198 g/mol. The third kappa shape index (κ3) is 9.45. The van der Waals surface area contributed by atoms with Gasteiger partial charge in [-0.2, -0.15) is 0 Å². The highest BCUT2D eigenvalue weighted by Gasteiger charge is 2.06. The van der Waals surface area contributed by atoms with E-state index in [0.29, 0.717) is 19.7 Å². The molecule has 90 valence electrons. The minimum atomic E-state index is -0.748. The molecule has 0 bridgehead atoms. The Morgan fingerprint density at radius 2 is 2.27 bits per heavy atom. The number of rotatable bonds is 9. The highest BCUT2D eigenvalue weighted by Crippen LogP contribution is 1.96. The fourth-order valence-electron chi connectivity index (χ4n) is 1.22. The van der Waals surface area contributed by atoms with E-state index in [9.17, 15) is 4.79 Å².